The van der Waals surface area contributed by atoms with Crippen LogP contribution >= 0.6 is 0 Å². The fraction of sp³-hybridized carbons (Fsp3) is 0.750. The molecule has 13 heavy (non-hydrogen) atoms. The molecule has 1 heterocycles. The number of nitrogens with two attached hydrogens (primary N) is 1. The smallest absolute Gasteiger partial charge is 0.321 e. The van der Waals surface area contributed by atoms with Gasteiger partial charge in [-0.15, -0.1) is 0 Å². The van der Waals surface area contributed by atoms with Gasteiger partial charge in [0.2, 0.25) is 0 Å². The van der Waals surface area contributed by atoms with E-state index in [1.54, 1.807) is 4.57 Å². The second-order valence-corrected chi connectivity index (χ2v) is 3.03. The molecule has 0 aromatic carbocycles. The molecule has 0 saturated heterocycles. The van der Waals surface area contributed by atoms with E-state index in [1.165, 1.54) is 0 Å². The van der Waals surface area contributed by atoms with Crippen molar-refractivity contribution in [2.45, 2.75) is 39.3 Å². The van der Waals surface area contributed by atoms with Crippen molar-refractivity contribution < 1.29 is 0 Å². The van der Waals surface area contributed by atoms with Crippen LogP contribution in [0.15, 0.2) is 4.79 Å². The highest BCUT2D eigenvalue weighted by Gasteiger charge is 2.13. The molecule has 0 bridgehead atoms. The van der Waals surface area contributed by atoms with Gasteiger partial charge in [0.1, 0.15) is 5.82 Å². The quantitative estimate of drug-likeness (QED) is 0.710. The summed E-state index contributed by atoms with van der Waals surface area (Å²) in [5.41, 5.74) is 5.68. The molecular weight excluding hydrogens is 168 g/mol. The molecular formula is C8H16N4O. The number of aromatic nitrogens is 3. The minimum absolute atomic E-state index is 0.135. The van der Waals surface area contributed by atoms with Gasteiger partial charge in [-0.2, -0.15) is 5.10 Å². The first-order valence-electron chi connectivity index (χ1n) is 4.61. The van der Waals surface area contributed by atoms with Crippen molar-refractivity contribution in [3.8, 4) is 0 Å². The fourth-order valence-electron chi connectivity index (χ4n) is 1.36. The summed E-state index contributed by atoms with van der Waals surface area (Å²) in [6.45, 7) is 4.57. The Morgan fingerprint density at radius 3 is 2.85 bits per heavy atom. The van der Waals surface area contributed by atoms with E-state index < -0.39 is 0 Å². The highest BCUT2D eigenvalue weighted by atomic mass is 16.1. The SMILES string of the molecule is CCCC(N)c1n[nH]c(=O)n1CC. The molecule has 5 nitrogen and oxygen atoms in total. The van der Waals surface area contributed by atoms with Crippen molar-refractivity contribution in [1.29, 1.82) is 0 Å². The normalized spacial score (nSPS) is 13.2. The zero-order valence-corrected chi connectivity index (χ0v) is 8.08. The van der Waals surface area contributed by atoms with Gasteiger partial charge in [-0.3, -0.25) is 4.57 Å². The highest BCUT2D eigenvalue weighted by molar-refractivity contribution is 4.93. The molecule has 0 aliphatic carbocycles. The summed E-state index contributed by atoms with van der Waals surface area (Å²) < 4.78 is 1.57. The highest BCUT2D eigenvalue weighted by Crippen LogP contribution is 2.10. The van der Waals surface area contributed by atoms with Gasteiger partial charge in [0, 0.05) is 6.54 Å². The van der Waals surface area contributed by atoms with Crippen LogP contribution in [-0.2, 0) is 6.54 Å². The maximum Gasteiger partial charge on any atom is 0.343 e. The average molecular weight is 184 g/mol. The Kier molecular flexibility index (Phi) is 3.25. The van der Waals surface area contributed by atoms with Crippen LogP contribution in [0.25, 0.3) is 0 Å². The van der Waals surface area contributed by atoms with E-state index in [2.05, 4.69) is 17.1 Å². The van der Waals surface area contributed by atoms with Crippen LogP contribution in [0.4, 0.5) is 0 Å². The van der Waals surface area contributed by atoms with Gasteiger partial charge in [-0.25, -0.2) is 9.89 Å². The molecule has 0 radical (unpaired) electrons. The zero-order valence-electron chi connectivity index (χ0n) is 8.08. The van der Waals surface area contributed by atoms with Gasteiger partial charge >= 0.3 is 5.69 Å². The molecule has 1 atom stereocenters. The minimum Gasteiger partial charge on any atom is -0.321 e. The molecule has 0 aliphatic rings. The maximum absolute atomic E-state index is 11.2. The lowest BCUT2D eigenvalue weighted by Crippen LogP contribution is -2.22. The first kappa shape index (κ1) is 9.98. The molecule has 0 amide bonds. The minimum atomic E-state index is -0.177. The van der Waals surface area contributed by atoms with E-state index in [4.69, 9.17) is 5.73 Å². The van der Waals surface area contributed by atoms with Crippen molar-refractivity contribution in [3.63, 3.8) is 0 Å². The lowest BCUT2D eigenvalue weighted by Gasteiger charge is -2.09. The number of H-pyrrole nitrogens is 1. The monoisotopic (exact) mass is 184 g/mol. The summed E-state index contributed by atoms with van der Waals surface area (Å²) in [4.78, 5) is 11.2. The number of aromatic amines is 1. The Bertz CT molecular complexity index is 314. The predicted octanol–water partition coefficient (Wildman–Crippen LogP) is 0.391. The Labute approximate surface area is 76.9 Å². The van der Waals surface area contributed by atoms with Crippen LogP contribution in [0.2, 0.25) is 0 Å². The van der Waals surface area contributed by atoms with Crippen LogP contribution in [0.3, 0.4) is 0 Å². The van der Waals surface area contributed by atoms with Crippen LogP contribution in [0, 0.1) is 0 Å². The third-order valence-electron chi connectivity index (χ3n) is 2.04. The first-order chi connectivity index (χ1) is 6.20. The van der Waals surface area contributed by atoms with Gasteiger partial charge in [0.15, 0.2) is 0 Å². The van der Waals surface area contributed by atoms with Gasteiger partial charge < -0.3 is 5.73 Å². The van der Waals surface area contributed by atoms with Crippen molar-refractivity contribution in [2.24, 2.45) is 5.73 Å². The number of rotatable bonds is 4. The van der Waals surface area contributed by atoms with Crippen LogP contribution in [-0.4, -0.2) is 14.8 Å². The van der Waals surface area contributed by atoms with Gasteiger partial charge in [0.25, 0.3) is 0 Å². The number of nitrogens with zero attached hydrogens (tertiary/aromatic N) is 2. The molecule has 1 aromatic rings. The van der Waals surface area contributed by atoms with Crippen molar-refractivity contribution in [1.82, 2.24) is 14.8 Å². The second kappa shape index (κ2) is 4.23. The lowest BCUT2D eigenvalue weighted by atomic mass is 10.2. The third-order valence-corrected chi connectivity index (χ3v) is 2.04. The van der Waals surface area contributed by atoms with E-state index in [1.807, 2.05) is 6.92 Å². The van der Waals surface area contributed by atoms with Gasteiger partial charge in [0.05, 0.1) is 6.04 Å². The lowest BCUT2D eigenvalue weighted by molar-refractivity contribution is 0.554. The predicted molar refractivity (Wildman–Crippen MR) is 50.4 cm³/mol. The molecule has 5 heteroatoms. The fourth-order valence-corrected chi connectivity index (χ4v) is 1.36. The van der Waals surface area contributed by atoms with Crippen LogP contribution in [0.5, 0.6) is 0 Å². The summed E-state index contributed by atoms with van der Waals surface area (Å²) in [7, 11) is 0. The molecule has 0 aliphatic heterocycles. The summed E-state index contributed by atoms with van der Waals surface area (Å²) in [5.74, 6) is 0.661. The summed E-state index contributed by atoms with van der Waals surface area (Å²) in [6.07, 6.45) is 1.84. The topological polar surface area (TPSA) is 76.7 Å². The molecule has 0 saturated carbocycles. The average Bonchev–Trinajstić information content (AvgIpc) is 2.47. The maximum atomic E-state index is 11.2. The Hall–Kier alpha value is -1.10. The van der Waals surface area contributed by atoms with Gasteiger partial charge in [-0.05, 0) is 13.3 Å². The summed E-state index contributed by atoms with van der Waals surface area (Å²) in [5, 5.41) is 6.31. The van der Waals surface area contributed by atoms with E-state index in [0.29, 0.717) is 12.4 Å². The van der Waals surface area contributed by atoms with Gasteiger partial charge in [-0.1, -0.05) is 13.3 Å². The number of hydrogen-bond acceptors (Lipinski definition) is 3. The van der Waals surface area contributed by atoms with E-state index >= 15 is 0 Å². The van der Waals surface area contributed by atoms with E-state index in [-0.39, 0.29) is 11.7 Å². The van der Waals surface area contributed by atoms with Crippen molar-refractivity contribution in [2.75, 3.05) is 0 Å². The Morgan fingerprint density at radius 2 is 2.31 bits per heavy atom. The van der Waals surface area contributed by atoms with E-state index in [0.717, 1.165) is 12.8 Å². The number of hydrogen-bond donors (Lipinski definition) is 2. The standard InChI is InChI=1S/C8H16N4O/c1-3-5-6(9)7-10-11-8(13)12(7)4-2/h6H,3-5,9H2,1-2H3,(H,11,13). The van der Waals surface area contributed by atoms with Crippen LogP contribution < -0.4 is 11.4 Å². The Morgan fingerprint density at radius 1 is 1.62 bits per heavy atom. The Balaban J connectivity index is 2.93. The van der Waals surface area contributed by atoms with E-state index in [9.17, 15) is 4.79 Å². The largest absolute Gasteiger partial charge is 0.343 e. The zero-order chi connectivity index (χ0) is 9.84. The van der Waals surface area contributed by atoms with Crippen molar-refractivity contribution in [3.05, 3.63) is 16.3 Å². The summed E-state index contributed by atoms with van der Waals surface area (Å²) >= 11 is 0. The molecule has 1 aromatic heterocycles. The molecule has 1 rings (SSSR count). The third kappa shape index (κ3) is 1.98. The van der Waals surface area contributed by atoms with Crippen LogP contribution in [0.1, 0.15) is 38.6 Å². The van der Waals surface area contributed by atoms with Crippen molar-refractivity contribution >= 4 is 0 Å². The molecule has 1 unspecified atom stereocenters. The molecule has 3 N–H and O–H groups in total. The molecule has 74 valence electrons. The summed E-state index contributed by atoms with van der Waals surface area (Å²) in [6, 6.07) is -0.135. The second-order valence-electron chi connectivity index (χ2n) is 3.03. The molecule has 0 spiro atoms. The first-order valence-corrected chi connectivity index (χ1v) is 4.61. The number of nitrogens with one attached hydrogen (secondary N) is 1. The molecule has 0 fully saturated rings.